The second-order valence-corrected chi connectivity index (χ2v) is 6.98. The average molecular weight is 356 g/mol. The molecule has 1 N–H and O–H groups in total. The highest BCUT2D eigenvalue weighted by molar-refractivity contribution is 5.74. The fourth-order valence-corrected chi connectivity index (χ4v) is 3.64. The highest BCUT2D eigenvalue weighted by Crippen LogP contribution is 2.32. The number of hydrogen-bond donors (Lipinski definition) is 1. The number of carbonyl (C=O) groups is 1. The molecule has 2 aliphatic rings. The van der Waals surface area contributed by atoms with Crippen molar-refractivity contribution in [3.05, 3.63) is 42.0 Å². The van der Waals surface area contributed by atoms with E-state index in [9.17, 15) is 4.79 Å². The van der Waals surface area contributed by atoms with Crippen LogP contribution in [0.1, 0.15) is 49.7 Å². The van der Waals surface area contributed by atoms with Gasteiger partial charge in [0.05, 0.1) is 13.1 Å². The van der Waals surface area contributed by atoms with E-state index in [-0.39, 0.29) is 18.7 Å². The molecule has 0 unspecified atom stereocenters. The summed E-state index contributed by atoms with van der Waals surface area (Å²) in [7, 11) is 0. The normalized spacial score (nSPS) is 20.5. The molecule has 7 heteroatoms. The number of urea groups is 1. The van der Waals surface area contributed by atoms with Crippen molar-refractivity contribution in [1.82, 2.24) is 20.4 Å². The first-order chi connectivity index (χ1) is 12.8. The van der Waals surface area contributed by atoms with E-state index in [2.05, 4.69) is 15.5 Å². The summed E-state index contributed by atoms with van der Waals surface area (Å²) in [5.74, 6) is 2.48. The SMILES string of the molecule is O=C(NCc1noc(C2CCCC2)n1)N1CC[C@H](Oc2ccccc2)C1. The molecule has 0 bridgehead atoms. The van der Waals surface area contributed by atoms with Crippen LogP contribution in [0.3, 0.4) is 0 Å². The first kappa shape index (κ1) is 16.9. The summed E-state index contributed by atoms with van der Waals surface area (Å²) in [6.07, 6.45) is 5.54. The van der Waals surface area contributed by atoms with Gasteiger partial charge < -0.3 is 19.5 Å². The standard InChI is InChI=1S/C19H24N4O3/c24-19(20-12-17-21-18(26-22-17)14-6-4-5-7-14)23-11-10-16(13-23)25-15-8-2-1-3-9-15/h1-3,8-9,14,16H,4-7,10-13H2,(H,20,24)/t16-/m0/s1. The highest BCUT2D eigenvalue weighted by Gasteiger charge is 2.28. The fraction of sp³-hybridized carbons (Fsp3) is 0.526. The predicted octanol–water partition coefficient (Wildman–Crippen LogP) is 3.09. The number of aromatic nitrogens is 2. The number of para-hydroxylation sites is 1. The van der Waals surface area contributed by atoms with Crippen LogP contribution in [-0.2, 0) is 6.54 Å². The monoisotopic (exact) mass is 356 g/mol. The molecule has 0 radical (unpaired) electrons. The van der Waals surface area contributed by atoms with Gasteiger partial charge in [0.1, 0.15) is 11.9 Å². The van der Waals surface area contributed by atoms with Crippen LogP contribution in [0.25, 0.3) is 0 Å². The number of rotatable bonds is 5. The largest absolute Gasteiger partial charge is 0.489 e. The van der Waals surface area contributed by atoms with Gasteiger partial charge in [0, 0.05) is 18.9 Å². The molecule has 1 aromatic carbocycles. The lowest BCUT2D eigenvalue weighted by Gasteiger charge is -2.17. The first-order valence-corrected chi connectivity index (χ1v) is 9.35. The number of carbonyl (C=O) groups excluding carboxylic acids is 1. The molecule has 2 fully saturated rings. The molecular formula is C19H24N4O3. The van der Waals surface area contributed by atoms with E-state index in [1.807, 2.05) is 30.3 Å². The van der Waals surface area contributed by atoms with Gasteiger partial charge in [0.2, 0.25) is 5.89 Å². The van der Waals surface area contributed by atoms with E-state index in [0.29, 0.717) is 30.7 Å². The Balaban J connectivity index is 1.24. The summed E-state index contributed by atoms with van der Waals surface area (Å²) < 4.78 is 11.3. The first-order valence-electron chi connectivity index (χ1n) is 9.35. The van der Waals surface area contributed by atoms with Gasteiger partial charge in [-0.3, -0.25) is 0 Å². The molecule has 26 heavy (non-hydrogen) atoms. The van der Waals surface area contributed by atoms with Crippen molar-refractivity contribution in [3.63, 3.8) is 0 Å². The smallest absolute Gasteiger partial charge is 0.317 e. The van der Waals surface area contributed by atoms with E-state index < -0.39 is 0 Å². The van der Waals surface area contributed by atoms with Gasteiger partial charge in [-0.2, -0.15) is 4.98 Å². The van der Waals surface area contributed by atoms with Crippen LogP contribution in [0.15, 0.2) is 34.9 Å². The molecule has 7 nitrogen and oxygen atoms in total. The number of likely N-dealkylation sites (tertiary alicyclic amines) is 1. The fourth-order valence-electron chi connectivity index (χ4n) is 3.64. The lowest BCUT2D eigenvalue weighted by Crippen LogP contribution is -2.39. The second-order valence-electron chi connectivity index (χ2n) is 6.98. The Morgan fingerprint density at radius 1 is 1.23 bits per heavy atom. The number of nitrogens with one attached hydrogen (secondary N) is 1. The minimum absolute atomic E-state index is 0.0299. The second kappa shape index (κ2) is 7.76. The highest BCUT2D eigenvalue weighted by atomic mass is 16.5. The van der Waals surface area contributed by atoms with Crippen molar-refractivity contribution in [2.45, 2.75) is 50.7 Å². The van der Waals surface area contributed by atoms with Crippen molar-refractivity contribution < 1.29 is 14.1 Å². The molecule has 1 saturated carbocycles. The van der Waals surface area contributed by atoms with Gasteiger partial charge in [-0.25, -0.2) is 4.79 Å². The maximum Gasteiger partial charge on any atom is 0.317 e. The summed E-state index contributed by atoms with van der Waals surface area (Å²) in [4.78, 5) is 18.5. The van der Waals surface area contributed by atoms with Gasteiger partial charge in [-0.05, 0) is 25.0 Å². The van der Waals surface area contributed by atoms with Crippen LogP contribution in [0.2, 0.25) is 0 Å². The molecule has 1 aliphatic carbocycles. The van der Waals surface area contributed by atoms with Gasteiger partial charge in [0.15, 0.2) is 5.82 Å². The lowest BCUT2D eigenvalue weighted by atomic mass is 10.1. The minimum Gasteiger partial charge on any atom is -0.489 e. The number of ether oxygens (including phenoxy) is 1. The van der Waals surface area contributed by atoms with E-state index >= 15 is 0 Å². The third kappa shape index (κ3) is 3.98. The van der Waals surface area contributed by atoms with Crippen molar-refractivity contribution in [2.75, 3.05) is 13.1 Å². The van der Waals surface area contributed by atoms with Crippen LogP contribution in [0, 0.1) is 0 Å². The summed E-state index contributed by atoms with van der Waals surface area (Å²) in [5, 5.41) is 6.86. The lowest BCUT2D eigenvalue weighted by molar-refractivity contribution is 0.186. The van der Waals surface area contributed by atoms with Gasteiger partial charge in [-0.1, -0.05) is 36.2 Å². The van der Waals surface area contributed by atoms with Crippen molar-refractivity contribution >= 4 is 6.03 Å². The van der Waals surface area contributed by atoms with Crippen LogP contribution in [0.4, 0.5) is 4.79 Å². The molecule has 2 aromatic rings. The third-order valence-corrected chi connectivity index (χ3v) is 5.06. The van der Waals surface area contributed by atoms with Crippen molar-refractivity contribution in [1.29, 1.82) is 0 Å². The Morgan fingerprint density at radius 2 is 2.04 bits per heavy atom. The van der Waals surface area contributed by atoms with Crippen molar-refractivity contribution in [2.24, 2.45) is 0 Å². The summed E-state index contributed by atoms with van der Waals surface area (Å²) >= 11 is 0. The summed E-state index contributed by atoms with van der Waals surface area (Å²) in [6, 6.07) is 9.59. The van der Waals surface area contributed by atoms with Crippen LogP contribution in [0.5, 0.6) is 5.75 Å². The van der Waals surface area contributed by atoms with E-state index in [0.717, 1.165) is 25.0 Å². The van der Waals surface area contributed by atoms with Gasteiger partial charge in [0.25, 0.3) is 0 Å². The number of nitrogens with zero attached hydrogens (tertiary/aromatic N) is 3. The zero-order chi connectivity index (χ0) is 17.8. The van der Waals surface area contributed by atoms with Crippen LogP contribution >= 0.6 is 0 Å². The Labute approximate surface area is 152 Å². The van der Waals surface area contributed by atoms with E-state index in [4.69, 9.17) is 9.26 Å². The molecule has 0 spiro atoms. The Morgan fingerprint density at radius 3 is 2.85 bits per heavy atom. The maximum absolute atomic E-state index is 12.4. The Kier molecular flexibility index (Phi) is 5.04. The molecule has 2 heterocycles. The zero-order valence-corrected chi connectivity index (χ0v) is 14.8. The van der Waals surface area contributed by atoms with E-state index in [1.165, 1.54) is 12.8 Å². The summed E-state index contributed by atoms with van der Waals surface area (Å²) in [5.41, 5.74) is 0. The number of benzene rings is 1. The molecule has 4 rings (SSSR count). The Bertz CT molecular complexity index is 727. The predicted molar refractivity (Wildman–Crippen MR) is 94.8 cm³/mol. The molecule has 1 aromatic heterocycles. The average Bonchev–Trinajstić information content (AvgIpc) is 3.41. The molecule has 1 aliphatic heterocycles. The minimum atomic E-state index is -0.114. The maximum atomic E-state index is 12.4. The molecule has 1 atom stereocenters. The van der Waals surface area contributed by atoms with Crippen molar-refractivity contribution in [3.8, 4) is 5.75 Å². The quantitative estimate of drug-likeness (QED) is 0.890. The van der Waals surface area contributed by atoms with Crippen LogP contribution in [-0.4, -0.2) is 40.3 Å². The molecule has 1 saturated heterocycles. The van der Waals surface area contributed by atoms with E-state index in [1.54, 1.807) is 4.90 Å². The van der Waals surface area contributed by atoms with Gasteiger partial charge >= 0.3 is 6.03 Å². The van der Waals surface area contributed by atoms with Crippen LogP contribution < -0.4 is 10.1 Å². The summed E-state index contributed by atoms with van der Waals surface area (Å²) in [6.45, 7) is 1.55. The zero-order valence-electron chi connectivity index (χ0n) is 14.8. The number of amides is 2. The number of hydrogen-bond acceptors (Lipinski definition) is 5. The molecule has 138 valence electrons. The molecular weight excluding hydrogens is 332 g/mol. The van der Waals surface area contributed by atoms with Gasteiger partial charge in [-0.15, -0.1) is 0 Å². The molecule has 2 amide bonds. The Hall–Kier alpha value is -2.57. The third-order valence-electron chi connectivity index (χ3n) is 5.06. The topological polar surface area (TPSA) is 80.5 Å².